The third-order valence-corrected chi connectivity index (χ3v) is 4.43. The number of carbonyl (C=O) groups is 1. The molecule has 0 aliphatic carbocycles. The van der Waals surface area contributed by atoms with E-state index in [1.165, 1.54) is 16.9 Å². The number of aryl methyl sites for hydroxylation is 1. The summed E-state index contributed by atoms with van der Waals surface area (Å²) in [5.41, 5.74) is 2.72. The molecule has 0 atom stereocenters. The summed E-state index contributed by atoms with van der Waals surface area (Å²) in [5.74, 6) is -0.177. The van der Waals surface area contributed by atoms with Crippen LogP contribution in [0.25, 0.3) is 10.2 Å². The van der Waals surface area contributed by atoms with Gasteiger partial charge in [0, 0.05) is 12.2 Å². The van der Waals surface area contributed by atoms with Crippen molar-refractivity contribution in [1.29, 1.82) is 0 Å². The number of nitrogens with one attached hydrogen (secondary N) is 1. The van der Waals surface area contributed by atoms with Gasteiger partial charge in [-0.3, -0.25) is 14.8 Å². The molecule has 1 N–H and O–H groups in total. The van der Waals surface area contributed by atoms with Crippen LogP contribution in [0.3, 0.4) is 0 Å². The summed E-state index contributed by atoms with van der Waals surface area (Å²) in [4.78, 5) is 17.0. The molecule has 22 heavy (non-hydrogen) atoms. The Labute approximate surface area is 133 Å². The SMILES string of the molecule is CCc1cccc2sc(NC(=O)c3ccnn3C(C)C)nc12. The van der Waals surface area contributed by atoms with Crippen LogP contribution in [0.1, 0.15) is 42.9 Å². The van der Waals surface area contributed by atoms with Gasteiger partial charge in [0.25, 0.3) is 5.91 Å². The lowest BCUT2D eigenvalue weighted by molar-refractivity contribution is 0.101. The minimum Gasteiger partial charge on any atom is -0.296 e. The van der Waals surface area contributed by atoms with Gasteiger partial charge in [-0.05, 0) is 38.0 Å². The van der Waals surface area contributed by atoms with Crippen molar-refractivity contribution in [1.82, 2.24) is 14.8 Å². The van der Waals surface area contributed by atoms with Crippen molar-refractivity contribution < 1.29 is 4.79 Å². The molecule has 2 aromatic heterocycles. The average Bonchev–Trinajstić information content (AvgIpc) is 3.12. The van der Waals surface area contributed by atoms with Gasteiger partial charge in [0.05, 0.1) is 10.2 Å². The Morgan fingerprint density at radius 1 is 1.36 bits per heavy atom. The monoisotopic (exact) mass is 314 g/mol. The van der Waals surface area contributed by atoms with E-state index in [0.717, 1.165) is 16.6 Å². The summed E-state index contributed by atoms with van der Waals surface area (Å²) < 4.78 is 2.80. The van der Waals surface area contributed by atoms with Crippen LogP contribution in [0.5, 0.6) is 0 Å². The molecule has 1 aromatic carbocycles. The number of hydrogen-bond donors (Lipinski definition) is 1. The van der Waals surface area contributed by atoms with Gasteiger partial charge >= 0.3 is 0 Å². The first kappa shape index (κ1) is 14.7. The van der Waals surface area contributed by atoms with Gasteiger partial charge in [-0.2, -0.15) is 5.10 Å². The molecule has 3 aromatic rings. The van der Waals surface area contributed by atoms with Crippen molar-refractivity contribution in [2.45, 2.75) is 33.2 Å². The number of nitrogens with zero attached hydrogens (tertiary/aromatic N) is 3. The number of para-hydroxylation sites is 1. The van der Waals surface area contributed by atoms with Crippen LogP contribution in [-0.2, 0) is 6.42 Å². The Bertz CT molecular complexity index is 819. The highest BCUT2D eigenvalue weighted by atomic mass is 32.1. The number of carbonyl (C=O) groups excluding carboxylic acids is 1. The van der Waals surface area contributed by atoms with Crippen molar-refractivity contribution in [2.24, 2.45) is 0 Å². The van der Waals surface area contributed by atoms with Crippen molar-refractivity contribution in [3.63, 3.8) is 0 Å². The highest BCUT2D eigenvalue weighted by molar-refractivity contribution is 7.22. The molecule has 0 radical (unpaired) electrons. The lowest BCUT2D eigenvalue weighted by Gasteiger charge is -2.09. The smallest absolute Gasteiger partial charge is 0.275 e. The van der Waals surface area contributed by atoms with Gasteiger partial charge < -0.3 is 0 Å². The number of hydrogen-bond acceptors (Lipinski definition) is 4. The zero-order valence-electron chi connectivity index (χ0n) is 12.8. The summed E-state index contributed by atoms with van der Waals surface area (Å²) in [7, 11) is 0. The van der Waals surface area contributed by atoms with Crippen LogP contribution in [0.4, 0.5) is 5.13 Å². The third kappa shape index (κ3) is 2.62. The van der Waals surface area contributed by atoms with E-state index in [-0.39, 0.29) is 11.9 Å². The zero-order valence-corrected chi connectivity index (χ0v) is 13.6. The van der Waals surface area contributed by atoms with Gasteiger partial charge in [-0.25, -0.2) is 4.98 Å². The molecule has 0 aliphatic heterocycles. The van der Waals surface area contributed by atoms with Crippen molar-refractivity contribution in [3.05, 3.63) is 41.7 Å². The molecule has 5 nitrogen and oxygen atoms in total. The standard InChI is InChI=1S/C16H18N4OS/c1-4-11-6-5-7-13-14(11)18-16(22-13)19-15(21)12-8-9-17-20(12)10(2)3/h5-10H,4H2,1-3H3,(H,18,19,21). The molecule has 2 heterocycles. The first-order chi connectivity index (χ1) is 10.6. The molecule has 0 spiro atoms. The molecule has 1 amide bonds. The number of benzene rings is 1. The predicted octanol–water partition coefficient (Wildman–Crippen LogP) is 3.89. The molecule has 0 saturated carbocycles. The first-order valence-electron chi connectivity index (χ1n) is 7.33. The molecule has 114 valence electrons. The van der Waals surface area contributed by atoms with Crippen LogP contribution < -0.4 is 5.32 Å². The summed E-state index contributed by atoms with van der Waals surface area (Å²) in [5, 5.41) is 7.70. The Balaban J connectivity index is 1.90. The number of amides is 1. The van der Waals surface area contributed by atoms with E-state index < -0.39 is 0 Å². The lowest BCUT2D eigenvalue weighted by atomic mass is 10.1. The van der Waals surface area contributed by atoms with E-state index in [9.17, 15) is 4.79 Å². The number of fused-ring (bicyclic) bond motifs is 1. The second kappa shape index (κ2) is 5.88. The zero-order chi connectivity index (χ0) is 15.7. The lowest BCUT2D eigenvalue weighted by Crippen LogP contribution is -2.18. The maximum Gasteiger partial charge on any atom is 0.275 e. The number of aromatic nitrogens is 3. The maximum atomic E-state index is 12.4. The van der Waals surface area contributed by atoms with Crippen molar-refractivity contribution >= 4 is 32.6 Å². The molecule has 0 unspecified atom stereocenters. The molecule has 0 bridgehead atoms. The Kier molecular flexibility index (Phi) is 3.94. The second-order valence-electron chi connectivity index (χ2n) is 5.35. The van der Waals surface area contributed by atoms with Crippen molar-refractivity contribution in [3.8, 4) is 0 Å². The van der Waals surface area contributed by atoms with Gasteiger partial charge in [-0.1, -0.05) is 30.4 Å². The molecule has 3 rings (SSSR count). The normalized spacial score (nSPS) is 11.3. The summed E-state index contributed by atoms with van der Waals surface area (Å²) in [6.45, 7) is 6.09. The van der Waals surface area contributed by atoms with Crippen LogP contribution in [0.15, 0.2) is 30.5 Å². The fraction of sp³-hybridized carbons (Fsp3) is 0.312. The Morgan fingerprint density at radius 3 is 2.91 bits per heavy atom. The Morgan fingerprint density at radius 2 is 2.18 bits per heavy atom. The van der Waals surface area contributed by atoms with Crippen LogP contribution >= 0.6 is 11.3 Å². The van der Waals surface area contributed by atoms with Crippen LogP contribution in [0, 0.1) is 0 Å². The fourth-order valence-corrected chi connectivity index (χ4v) is 3.32. The maximum absolute atomic E-state index is 12.4. The highest BCUT2D eigenvalue weighted by Crippen LogP contribution is 2.28. The fourth-order valence-electron chi connectivity index (χ4n) is 2.41. The van der Waals surface area contributed by atoms with E-state index in [0.29, 0.717) is 10.8 Å². The van der Waals surface area contributed by atoms with Gasteiger partial charge in [0.15, 0.2) is 5.13 Å². The molecule has 0 aliphatic rings. The largest absolute Gasteiger partial charge is 0.296 e. The Hall–Kier alpha value is -2.21. The van der Waals surface area contributed by atoms with E-state index in [1.807, 2.05) is 26.0 Å². The molecule has 0 saturated heterocycles. The van der Waals surface area contributed by atoms with E-state index >= 15 is 0 Å². The number of rotatable bonds is 4. The molecular weight excluding hydrogens is 296 g/mol. The molecule has 6 heteroatoms. The average molecular weight is 314 g/mol. The van der Waals surface area contributed by atoms with Gasteiger partial charge in [-0.15, -0.1) is 0 Å². The summed E-state index contributed by atoms with van der Waals surface area (Å²) in [6, 6.07) is 7.98. The first-order valence-corrected chi connectivity index (χ1v) is 8.15. The third-order valence-electron chi connectivity index (χ3n) is 3.50. The quantitative estimate of drug-likeness (QED) is 0.795. The number of thiazole rings is 1. The minimum absolute atomic E-state index is 0.137. The molecule has 0 fully saturated rings. The van der Waals surface area contributed by atoms with E-state index in [2.05, 4.69) is 28.4 Å². The topological polar surface area (TPSA) is 59.8 Å². The van der Waals surface area contributed by atoms with E-state index in [4.69, 9.17) is 0 Å². The summed E-state index contributed by atoms with van der Waals surface area (Å²) >= 11 is 1.49. The van der Waals surface area contributed by atoms with Crippen molar-refractivity contribution in [2.75, 3.05) is 5.32 Å². The predicted molar refractivity (Wildman–Crippen MR) is 89.6 cm³/mol. The minimum atomic E-state index is -0.177. The number of anilines is 1. The van der Waals surface area contributed by atoms with Gasteiger partial charge in [0.1, 0.15) is 5.69 Å². The second-order valence-corrected chi connectivity index (χ2v) is 6.38. The van der Waals surface area contributed by atoms with Gasteiger partial charge in [0.2, 0.25) is 0 Å². The highest BCUT2D eigenvalue weighted by Gasteiger charge is 2.16. The van der Waals surface area contributed by atoms with Crippen LogP contribution in [0.2, 0.25) is 0 Å². The molecular formula is C16H18N4OS. The van der Waals surface area contributed by atoms with Crippen LogP contribution in [-0.4, -0.2) is 20.7 Å². The van der Waals surface area contributed by atoms with E-state index in [1.54, 1.807) is 16.9 Å². The summed E-state index contributed by atoms with van der Waals surface area (Å²) in [6.07, 6.45) is 2.57.